The van der Waals surface area contributed by atoms with Gasteiger partial charge in [0.15, 0.2) is 5.82 Å². The third-order valence-electron chi connectivity index (χ3n) is 8.14. The number of carbonyl (C=O) groups is 1. The molecule has 1 aliphatic heterocycles. The monoisotopic (exact) mass is 576 g/mol. The maximum Gasteiger partial charge on any atom is 0.494 e. The third-order valence-corrected chi connectivity index (χ3v) is 8.14. The lowest BCUT2D eigenvalue weighted by Gasteiger charge is -2.32. The van der Waals surface area contributed by atoms with E-state index in [9.17, 15) is 4.79 Å². The van der Waals surface area contributed by atoms with Crippen LogP contribution in [0.4, 0.5) is 0 Å². The van der Waals surface area contributed by atoms with Gasteiger partial charge in [-0.2, -0.15) is 0 Å². The number of hydrogen-bond acceptors (Lipinski definition) is 8. The van der Waals surface area contributed by atoms with Gasteiger partial charge in [0.2, 0.25) is 0 Å². The molecule has 0 saturated carbocycles. The Hall–Kier alpha value is -3.24. The first kappa shape index (κ1) is 31.7. The highest BCUT2D eigenvalue weighted by atomic mass is 16.7. The lowest BCUT2D eigenvalue weighted by atomic mass is 9.77. The van der Waals surface area contributed by atoms with Crippen LogP contribution in [0.2, 0.25) is 0 Å². The minimum Gasteiger partial charge on any atom is -0.497 e. The Balaban J connectivity index is 1.65. The fourth-order valence-corrected chi connectivity index (χ4v) is 5.12. The summed E-state index contributed by atoms with van der Waals surface area (Å²) in [6.45, 7) is 16.4. The highest BCUT2D eigenvalue weighted by molar-refractivity contribution is 6.62. The molecule has 4 rings (SSSR count). The molecular formula is C32H45BN4O5. The van der Waals surface area contributed by atoms with Gasteiger partial charge < -0.3 is 18.8 Å². The molecule has 2 atom stereocenters. The van der Waals surface area contributed by atoms with Crippen LogP contribution in [0.15, 0.2) is 48.5 Å². The second-order valence-electron chi connectivity index (χ2n) is 13.1. The zero-order valence-corrected chi connectivity index (χ0v) is 26.5. The summed E-state index contributed by atoms with van der Waals surface area (Å²) >= 11 is 0. The van der Waals surface area contributed by atoms with Crippen molar-refractivity contribution < 1.29 is 23.6 Å². The van der Waals surface area contributed by atoms with Crippen LogP contribution in [-0.4, -0.2) is 57.2 Å². The Labute approximate surface area is 250 Å². The van der Waals surface area contributed by atoms with E-state index < -0.39 is 29.8 Å². The highest BCUT2D eigenvalue weighted by Gasteiger charge is 2.51. The minimum atomic E-state index is -0.604. The fourth-order valence-electron chi connectivity index (χ4n) is 5.12. The topological polar surface area (TPSA) is 97.6 Å². The number of methoxy groups -OCH3 is 1. The molecule has 0 bridgehead atoms. The molecule has 42 heavy (non-hydrogen) atoms. The molecule has 0 radical (unpaired) electrons. The van der Waals surface area contributed by atoms with Crippen LogP contribution in [0.3, 0.4) is 0 Å². The summed E-state index contributed by atoms with van der Waals surface area (Å²) in [7, 11) is 1.21. The highest BCUT2D eigenvalue weighted by Crippen LogP contribution is 2.37. The molecule has 0 spiro atoms. The van der Waals surface area contributed by atoms with Gasteiger partial charge in [-0.3, -0.25) is 4.79 Å². The smallest absolute Gasteiger partial charge is 0.494 e. The van der Waals surface area contributed by atoms with Crippen LogP contribution in [0, 0.1) is 5.92 Å². The van der Waals surface area contributed by atoms with Gasteiger partial charge in [0.1, 0.15) is 11.4 Å². The largest absolute Gasteiger partial charge is 0.497 e. The molecule has 2 aromatic carbocycles. The summed E-state index contributed by atoms with van der Waals surface area (Å²) in [6.07, 6.45) is 2.04. The lowest BCUT2D eigenvalue weighted by molar-refractivity contribution is -0.161. The predicted octanol–water partition coefficient (Wildman–Crippen LogP) is 5.11. The van der Waals surface area contributed by atoms with E-state index in [2.05, 4.69) is 34.6 Å². The fraction of sp³-hybridized carbons (Fsp3) is 0.562. The summed E-state index contributed by atoms with van der Waals surface area (Å²) in [6, 6.07) is 16.0. The molecule has 3 aromatic rings. The van der Waals surface area contributed by atoms with Crippen LogP contribution in [-0.2, 0) is 31.8 Å². The normalized spacial score (nSPS) is 17.6. The number of rotatable bonds is 11. The van der Waals surface area contributed by atoms with Gasteiger partial charge in [-0.25, -0.2) is 4.68 Å². The molecule has 2 heterocycles. The van der Waals surface area contributed by atoms with E-state index in [1.807, 2.05) is 84.9 Å². The molecule has 226 valence electrons. The second kappa shape index (κ2) is 12.6. The van der Waals surface area contributed by atoms with E-state index in [0.717, 1.165) is 28.8 Å². The van der Waals surface area contributed by atoms with E-state index in [4.69, 9.17) is 18.8 Å². The summed E-state index contributed by atoms with van der Waals surface area (Å²) < 4.78 is 25.5. The molecule has 10 heteroatoms. The summed E-state index contributed by atoms with van der Waals surface area (Å²) in [5.41, 5.74) is 1.61. The Morgan fingerprint density at radius 2 is 1.57 bits per heavy atom. The first-order valence-electron chi connectivity index (χ1n) is 14.8. The number of aromatic nitrogens is 4. The molecule has 0 N–H and O–H groups in total. The third kappa shape index (κ3) is 7.39. The first-order chi connectivity index (χ1) is 19.7. The number of nitrogens with zero attached hydrogens (tertiary/aromatic N) is 4. The number of hydrogen-bond donors (Lipinski definition) is 0. The number of esters is 1. The Morgan fingerprint density at radius 1 is 0.976 bits per heavy atom. The number of tetrazole rings is 1. The van der Waals surface area contributed by atoms with Gasteiger partial charge in [-0.15, -0.1) is 5.10 Å². The maximum atomic E-state index is 13.6. The number of ether oxygens (including phenoxy) is 2. The zero-order chi connectivity index (χ0) is 30.7. The van der Waals surface area contributed by atoms with Crippen LogP contribution in [0.1, 0.15) is 91.1 Å². The molecule has 1 aliphatic rings. The van der Waals surface area contributed by atoms with Crippen LogP contribution in [0.25, 0.3) is 0 Å². The van der Waals surface area contributed by atoms with E-state index in [1.54, 1.807) is 11.8 Å². The van der Waals surface area contributed by atoms with Gasteiger partial charge in [-0.05, 0) is 100 Å². The Kier molecular flexibility index (Phi) is 9.47. The molecule has 1 aromatic heterocycles. The van der Waals surface area contributed by atoms with E-state index in [-0.39, 0.29) is 11.9 Å². The molecular weight excluding hydrogens is 531 g/mol. The number of benzene rings is 2. The average molecular weight is 577 g/mol. The molecule has 0 aliphatic carbocycles. The molecule has 0 amide bonds. The summed E-state index contributed by atoms with van der Waals surface area (Å²) in [5, 5.41) is 12.8. The van der Waals surface area contributed by atoms with Gasteiger partial charge >= 0.3 is 13.1 Å². The van der Waals surface area contributed by atoms with Crippen molar-refractivity contribution in [1.29, 1.82) is 0 Å². The maximum absolute atomic E-state index is 13.6. The minimum absolute atomic E-state index is 0.234. The first-order valence-corrected chi connectivity index (χ1v) is 14.8. The van der Waals surface area contributed by atoms with Crippen molar-refractivity contribution >= 4 is 18.6 Å². The van der Waals surface area contributed by atoms with E-state index in [1.165, 1.54) is 0 Å². The van der Waals surface area contributed by atoms with Crippen molar-refractivity contribution in [1.82, 2.24) is 20.2 Å². The average Bonchev–Trinajstić information content (AvgIpc) is 3.46. The van der Waals surface area contributed by atoms with Crippen LogP contribution < -0.4 is 10.2 Å². The van der Waals surface area contributed by atoms with Crippen molar-refractivity contribution in [2.45, 2.75) is 104 Å². The predicted molar refractivity (Wildman–Crippen MR) is 163 cm³/mol. The van der Waals surface area contributed by atoms with Gasteiger partial charge in [0.05, 0.1) is 30.8 Å². The Bertz CT molecular complexity index is 1320. The van der Waals surface area contributed by atoms with E-state index >= 15 is 0 Å². The van der Waals surface area contributed by atoms with Crippen molar-refractivity contribution in [2.75, 3.05) is 7.11 Å². The Morgan fingerprint density at radius 3 is 2.12 bits per heavy atom. The van der Waals surface area contributed by atoms with Gasteiger partial charge in [-0.1, -0.05) is 49.7 Å². The lowest BCUT2D eigenvalue weighted by Crippen LogP contribution is -2.41. The SMILES string of the molecule is CCC[C@H](C(=O)OC(C)(C)C)[C@H](Cc1ccc(B2OC(C)(C)C(C)(C)O2)cc1)c1nnnn1Cc1ccc(OC)cc1. The van der Waals surface area contributed by atoms with Crippen LogP contribution >= 0.6 is 0 Å². The molecule has 1 fully saturated rings. The molecule has 1 saturated heterocycles. The second-order valence-corrected chi connectivity index (χ2v) is 13.1. The van der Waals surface area contributed by atoms with E-state index in [0.29, 0.717) is 25.2 Å². The molecule has 9 nitrogen and oxygen atoms in total. The summed E-state index contributed by atoms with van der Waals surface area (Å²) in [5.74, 6) is 0.492. The molecule has 0 unspecified atom stereocenters. The van der Waals surface area contributed by atoms with Crippen molar-refractivity contribution in [3.05, 3.63) is 65.5 Å². The van der Waals surface area contributed by atoms with Crippen molar-refractivity contribution in [3.8, 4) is 5.75 Å². The van der Waals surface area contributed by atoms with Crippen LogP contribution in [0.5, 0.6) is 5.75 Å². The number of carbonyl (C=O) groups excluding carboxylic acids is 1. The van der Waals surface area contributed by atoms with Crippen molar-refractivity contribution in [3.63, 3.8) is 0 Å². The van der Waals surface area contributed by atoms with Gasteiger partial charge in [0.25, 0.3) is 0 Å². The quantitative estimate of drug-likeness (QED) is 0.229. The van der Waals surface area contributed by atoms with Gasteiger partial charge in [0, 0.05) is 5.92 Å². The summed E-state index contributed by atoms with van der Waals surface area (Å²) in [4.78, 5) is 13.6. The van der Waals surface area contributed by atoms with Crippen molar-refractivity contribution in [2.24, 2.45) is 5.92 Å². The standard InChI is InChI=1S/C32H45BN4O5/c1-10-11-26(29(38)40-30(2,3)4)27(28-34-35-36-37(28)21-23-14-18-25(39-9)19-15-23)20-22-12-16-24(17-13-22)33-41-31(5,6)32(7,8)42-33/h12-19,26-27H,10-11,20-21H2,1-9H3/t26-,27-/m0/s1. The zero-order valence-electron chi connectivity index (χ0n) is 26.5.